The molecule has 1 aromatic heterocycles. The van der Waals surface area contributed by atoms with E-state index in [9.17, 15) is 22.8 Å². The molecule has 94 valence electrons. The number of hydrogen-bond donors (Lipinski definition) is 2. The van der Waals surface area contributed by atoms with E-state index in [1.54, 1.807) is 17.5 Å². The number of thiophene rings is 1. The average molecular weight is 267 g/mol. The van der Waals surface area contributed by atoms with Gasteiger partial charge >= 0.3 is 18.1 Å². The van der Waals surface area contributed by atoms with Crippen LogP contribution in [-0.4, -0.2) is 29.2 Å². The molecule has 1 amide bonds. The Morgan fingerprint density at radius 3 is 2.53 bits per heavy atom. The van der Waals surface area contributed by atoms with E-state index in [-0.39, 0.29) is 6.42 Å². The summed E-state index contributed by atoms with van der Waals surface area (Å²) in [5.41, 5.74) is 0. The Bertz CT molecular complexity index is 402. The lowest BCUT2D eigenvalue weighted by Crippen LogP contribution is -2.47. The number of carboxylic acid groups (broad SMARTS) is 1. The van der Waals surface area contributed by atoms with Crippen molar-refractivity contribution >= 4 is 23.2 Å². The molecule has 0 fully saturated rings. The fraction of sp³-hybridized carbons (Fsp3) is 0.333. The zero-order chi connectivity index (χ0) is 13.1. The molecular weight excluding hydrogens is 259 g/mol. The Morgan fingerprint density at radius 2 is 2.12 bits per heavy atom. The molecule has 1 unspecified atom stereocenters. The standard InChI is InChI=1S/C9H8F3NO3S/c10-9(11,12)8(16)13-6(7(14)15)4-5-2-1-3-17-5/h1-3,6H,4H2,(H,13,16)(H,14,15). The van der Waals surface area contributed by atoms with Crippen molar-refractivity contribution < 1.29 is 27.9 Å². The monoisotopic (exact) mass is 267 g/mol. The van der Waals surface area contributed by atoms with Gasteiger partial charge in [-0.05, 0) is 11.4 Å². The Kier molecular flexibility index (Phi) is 4.11. The largest absolute Gasteiger partial charge is 0.480 e. The lowest BCUT2D eigenvalue weighted by Gasteiger charge is -2.14. The maximum absolute atomic E-state index is 11.9. The predicted molar refractivity (Wildman–Crippen MR) is 53.6 cm³/mol. The summed E-state index contributed by atoms with van der Waals surface area (Å²) in [5.74, 6) is -3.75. The summed E-state index contributed by atoms with van der Waals surface area (Å²) in [6.45, 7) is 0. The van der Waals surface area contributed by atoms with E-state index < -0.39 is 24.1 Å². The van der Waals surface area contributed by atoms with Gasteiger partial charge in [-0.3, -0.25) is 4.79 Å². The molecule has 0 spiro atoms. The minimum atomic E-state index is -5.08. The van der Waals surface area contributed by atoms with Gasteiger partial charge in [0.2, 0.25) is 0 Å². The van der Waals surface area contributed by atoms with E-state index in [2.05, 4.69) is 0 Å². The third-order valence-corrected chi connectivity index (χ3v) is 2.75. The van der Waals surface area contributed by atoms with Gasteiger partial charge in [0.1, 0.15) is 6.04 Å². The molecule has 1 rings (SSSR count). The van der Waals surface area contributed by atoms with Crippen molar-refractivity contribution in [2.45, 2.75) is 18.6 Å². The molecule has 0 bridgehead atoms. The van der Waals surface area contributed by atoms with Crippen LogP contribution in [0.15, 0.2) is 17.5 Å². The van der Waals surface area contributed by atoms with Gasteiger partial charge < -0.3 is 10.4 Å². The molecule has 1 aromatic rings. The van der Waals surface area contributed by atoms with Crippen LogP contribution in [0.3, 0.4) is 0 Å². The van der Waals surface area contributed by atoms with Crippen LogP contribution >= 0.6 is 11.3 Å². The topological polar surface area (TPSA) is 66.4 Å². The van der Waals surface area contributed by atoms with E-state index in [4.69, 9.17) is 5.11 Å². The van der Waals surface area contributed by atoms with Gasteiger partial charge in [-0.2, -0.15) is 13.2 Å². The summed E-state index contributed by atoms with van der Waals surface area (Å²) >= 11 is 1.21. The van der Waals surface area contributed by atoms with Crippen LogP contribution in [0.2, 0.25) is 0 Å². The Morgan fingerprint density at radius 1 is 1.47 bits per heavy atom. The summed E-state index contributed by atoms with van der Waals surface area (Å²) in [7, 11) is 0. The Labute approximate surface area is 98.1 Å². The van der Waals surface area contributed by atoms with Crippen molar-refractivity contribution in [3.63, 3.8) is 0 Å². The second-order valence-electron chi connectivity index (χ2n) is 3.15. The highest BCUT2D eigenvalue weighted by Crippen LogP contribution is 2.16. The minimum Gasteiger partial charge on any atom is -0.480 e. The molecule has 4 nitrogen and oxygen atoms in total. The number of hydrogen-bond acceptors (Lipinski definition) is 3. The zero-order valence-corrected chi connectivity index (χ0v) is 9.14. The molecule has 0 saturated carbocycles. The molecule has 0 aliphatic heterocycles. The highest BCUT2D eigenvalue weighted by molar-refractivity contribution is 7.09. The second kappa shape index (κ2) is 5.17. The number of alkyl halides is 3. The molecular formula is C9H8F3NO3S. The molecule has 1 atom stereocenters. The Balaban J connectivity index is 2.68. The highest BCUT2D eigenvalue weighted by atomic mass is 32.1. The van der Waals surface area contributed by atoms with E-state index in [0.717, 1.165) is 0 Å². The van der Waals surface area contributed by atoms with Crippen LogP contribution in [0.25, 0.3) is 0 Å². The van der Waals surface area contributed by atoms with Crippen molar-refractivity contribution in [2.75, 3.05) is 0 Å². The van der Waals surface area contributed by atoms with Gasteiger partial charge in [-0.25, -0.2) is 4.79 Å². The zero-order valence-electron chi connectivity index (χ0n) is 8.32. The molecule has 0 radical (unpaired) electrons. The summed E-state index contributed by atoms with van der Waals surface area (Å²) in [4.78, 5) is 21.9. The van der Waals surface area contributed by atoms with Crippen molar-refractivity contribution in [1.29, 1.82) is 0 Å². The van der Waals surface area contributed by atoms with E-state index in [1.807, 2.05) is 0 Å². The number of amides is 1. The number of aliphatic carboxylic acids is 1. The lowest BCUT2D eigenvalue weighted by molar-refractivity contribution is -0.175. The summed E-state index contributed by atoms with van der Waals surface area (Å²) in [6.07, 6.45) is -5.25. The Hall–Kier alpha value is -1.57. The van der Waals surface area contributed by atoms with Crippen LogP contribution in [0, 0.1) is 0 Å². The number of halogens is 3. The number of carbonyl (C=O) groups is 2. The molecule has 0 aliphatic carbocycles. The third kappa shape index (κ3) is 4.06. The smallest absolute Gasteiger partial charge is 0.471 e. The molecule has 0 aliphatic rings. The van der Waals surface area contributed by atoms with Gasteiger partial charge in [-0.1, -0.05) is 6.07 Å². The van der Waals surface area contributed by atoms with Crippen LogP contribution < -0.4 is 5.32 Å². The van der Waals surface area contributed by atoms with Gasteiger partial charge in [0.25, 0.3) is 0 Å². The first-order valence-corrected chi connectivity index (χ1v) is 5.31. The quantitative estimate of drug-likeness (QED) is 0.867. The van der Waals surface area contributed by atoms with Gasteiger partial charge in [0, 0.05) is 11.3 Å². The van der Waals surface area contributed by atoms with E-state index in [0.29, 0.717) is 4.88 Å². The number of nitrogens with one attached hydrogen (secondary N) is 1. The minimum absolute atomic E-state index is 0.172. The maximum atomic E-state index is 11.9. The SMILES string of the molecule is O=C(O)C(Cc1cccs1)NC(=O)C(F)(F)F. The molecule has 2 N–H and O–H groups in total. The average Bonchev–Trinajstić information content (AvgIpc) is 2.67. The van der Waals surface area contributed by atoms with Crippen molar-refractivity contribution in [1.82, 2.24) is 5.32 Å². The summed E-state index contributed by atoms with van der Waals surface area (Å²) in [5, 5.41) is 11.8. The van der Waals surface area contributed by atoms with Crippen LogP contribution in [0.4, 0.5) is 13.2 Å². The molecule has 1 heterocycles. The van der Waals surface area contributed by atoms with Crippen LogP contribution in [-0.2, 0) is 16.0 Å². The third-order valence-electron chi connectivity index (χ3n) is 1.85. The first-order chi connectivity index (χ1) is 7.80. The van der Waals surface area contributed by atoms with Gasteiger partial charge in [0.05, 0.1) is 0 Å². The van der Waals surface area contributed by atoms with Crippen LogP contribution in [0.1, 0.15) is 4.88 Å². The van der Waals surface area contributed by atoms with Crippen molar-refractivity contribution in [2.24, 2.45) is 0 Å². The van der Waals surface area contributed by atoms with Crippen molar-refractivity contribution in [3.8, 4) is 0 Å². The van der Waals surface area contributed by atoms with E-state index >= 15 is 0 Å². The predicted octanol–water partition coefficient (Wildman–Crippen LogP) is 1.42. The molecule has 17 heavy (non-hydrogen) atoms. The fourth-order valence-corrected chi connectivity index (χ4v) is 1.82. The number of carboxylic acids is 1. The highest BCUT2D eigenvalue weighted by Gasteiger charge is 2.40. The summed E-state index contributed by atoms with van der Waals surface area (Å²) < 4.78 is 35.8. The lowest BCUT2D eigenvalue weighted by atomic mass is 10.2. The maximum Gasteiger partial charge on any atom is 0.471 e. The molecule has 0 aromatic carbocycles. The van der Waals surface area contributed by atoms with Gasteiger partial charge in [-0.15, -0.1) is 11.3 Å². The molecule has 8 heteroatoms. The summed E-state index contributed by atoms with van der Waals surface area (Å²) in [6, 6.07) is 1.65. The number of rotatable bonds is 4. The first-order valence-electron chi connectivity index (χ1n) is 4.43. The molecule has 0 saturated heterocycles. The van der Waals surface area contributed by atoms with Gasteiger partial charge in [0.15, 0.2) is 0 Å². The van der Waals surface area contributed by atoms with Crippen LogP contribution in [0.5, 0.6) is 0 Å². The normalized spacial score (nSPS) is 13.1. The number of carbonyl (C=O) groups excluding carboxylic acids is 1. The first kappa shape index (κ1) is 13.5. The van der Waals surface area contributed by atoms with E-state index in [1.165, 1.54) is 16.7 Å². The van der Waals surface area contributed by atoms with Crippen molar-refractivity contribution in [3.05, 3.63) is 22.4 Å². The second-order valence-corrected chi connectivity index (χ2v) is 4.18. The fourth-order valence-electron chi connectivity index (χ4n) is 1.07.